The van der Waals surface area contributed by atoms with Crippen molar-refractivity contribution in [3.8, 4) is 0 Å². The first-order valence-corrected chi connectivity index (χ1v) is 9.85. The second-order valence-electron chi connectivity index (χ2n) is 6.43. The Morgan fingerprint density at radius 3 is 2.88 bits per heavy atom. The zero-order chi connectivity index (χ0) is 17.4. The van der Waals surface area contributed by atoms with Crippen LogP contribution in [-0.4, -0.2) is 34.0 Å². The molecule has 6 nitrogen and oxygen atoms in total. The normalized spacial score (nSPS) is 19.3. The van der Waals surface area contributed by atoms with Gasteiger partial charge in [-0.15, -0.1) is 0 Å². The Morgan fingerprint density at radius 1 is 1.20 bits per heavy atom. The number of pyridine rings is 1. The first-order valence-electron chi connectivity index (χ1n) is 8.41. The number of aromatic nitrogens is 3. The summed E-state index contributed by atoms with van der Waals surface area (Å²) in [5.74, 6) is 0. The van der Waals surface area contributed by atoms with E-state index in [2.05, 4.69) is 10.1 Å². The fraction of sp³-hybridized carbons (Fsp3) is 0.333. The Hall–Kier alpha value is -2.25. The molecule has 1 aromatic carbocycles. The van der Waals surface area contributed by atoms with Crippen molar-refractivity contribution >= 4 is 20.9 Å². The monoisotopic (exact) mass is 356 g/mol. The number of hydrogen-bond acceptors (Lipinski definition) is 4. The van der Waals surface area contributed by atoms with E-state index in [1.807, 2.05) is 25.4 Å². The Morgan fingerprint density at radius 2 is 2.08 bits per heavy atom. The van der Waals surface area contributed by atoms with E-state index < -0.39 is 10.0 Å². The minimum absolute atomic E-state index is 0.156. The van der Waals surface area contributed by atoms with Crippen LogP contribution in [0.3, 0.4) is 0 Å². The Balaban J connectivity index is 1.75. The molecule has 0 radical (unpaired) electrons. The summed E-state index contributed by atoms with van der Waals surface area (Å²) >= 11 is 0. The van der Waals surface area contributed by atoms with Crippen LogP contribution in [-0.2, 0) is 17.1 Å². The lowest BCUT2D eigenvalue weighted by atomic mass is 10.0. The number of nitrogens with zero attached hydrogens (tertiary/aromatic N) is 4. The lowest BCUT2D eigenvalue weighted by molar-refractivity contribution is 0.256. The van der Waals surface area contributed by atoms with Crippen LogP contribution in [0.4, 0.5) is 0 Å². The summed E-state index contributed by atoms with van der Waals surface area (Å²) < 4.78 is 29.9. The lowest BCUT2D eigenvalue weighted by Crippen LogP contribution is -2.38. The molecule has 1 aliphatic rings. The molecular formula is C18H20N4O2S. The average molecular weight is 356 g/mol. The van der Waals surface area contributed by atoms with E-state index in [0.717, 1.165) is 35.7 Å². The number of rotatable bonds is 3. The van der Waals surface area contributed by atoms with Crippen molar-refractivity contribution in [3.05, 3.63) is 54.5 Å². The number of hydrogen-bond donors (Lipinski definition) is 0. The van der Waals surface area contributed by atoms with Crippen molar-refractivity contribution in [1.82, 2.24) is 19.1 Å². The molecule has 7 heteroatoms. The number of piperidine rings is 1. The van der Waals surface area contributed by atoms with Crippen LogP contribution in [0, 0.1) is 0 Å². The highest BCUT2D eigenvalue weighted by atomic mass is 32.2. The number of fused-ring (bicyclic) bond motifs is 1. The number of aryl methyl sites for hydroxylation is 1. The van der Waals surface area contributed by atoms with Crippen LogP contribution in [0.15, 0.2) is 53.8 Å². The van der Waals surface area contributed by atoms with Crippen molar-refractivity contribution in [1.29, 1.82) is 0 Å². The summed E-state index contributed by atoms with van der Waals surface area (Å²) in [6, 6.07) is 8.68. The molecule has 1 saturated heterocycles. The molecule has 0 N–H and O–H groups in total. The molecule has 0 aliphatic carbocycles. The lowest BCUT2D eigenvalue weighted by Gasteiger charge is -2.34. The summed E-state index contributed by atoms with van der Waals surface area (Å²) in [5.41, 5.74) is 1.75. The van der Waals surface area contributed by atoms with E-state index in [1.165, 1.54) is 0 Å². The molecule has 130 valence electrons. The van der Waals surface area contributed by atoms with Crippen LogP contribution in [0.1, 0.15) is 30.9 Å². The first kappa shape index (κ1) is 16.2. The third-order valence-electron chi connectivity index (χ3n) is 4.74. The van der Waals surface area contributed by atoms with Crippen molar-refractivity contribution < 1.29 is 8.42 Å². The first-order chi connectivity index (χ1) is 12.1. The summed E-state index contributed by atoms with van der Waals surface area (Å²) in [5, 5.41) is 5.04. The second kappa shape index (κ2) is 6.24. The van der Waals surface area contributed by atoms with Gasteiger partial charge in [0.05, 0.1) is 22.7 Å². The Bertz CT molecular complexity index is 1010. The van der Waals surface area contributed by atoms with E-state index in [0.29, 0.717) is 11.4 Å². The minimum atomic E-state index is -3.57. The van der Waals surface area contributed by atoms with Crippen LogP contribution in [0.5, 0.6) is 0 Å². The largest absolute Gasteiger partial charge is 0.275 e. The molecule has 25 heavy (non-hydrogen) atoms. The smallest absolute Gasteiger partial charge is 0.243 e. The van der Waals surface area contributed by atoms with Gasteiger partial charge in [-0.05, 0) is 37.1 Å². The summed E-state index contributed by atoms with van der Waals surface area (Å²) in [7, 11) is -1.72. The molecule has 1 unspecified atom stereocenters. The molecule has 1 atom stereocenters. The SMILES string of the molecule is Cn1cc(C2CCCCN2S(=O)(=O)c2ccc3ncccc3c2)cn1. The number of benzene rings is 1. The fourth-order valence-corrected chi connectivity index (χ4v) is 5.21. The summed E-state index contributed by atoms with van der Waals surface area (Å²) in [6.07, 6.45) is 8.10. The molecule has 0 saturated carbocycles. The van der Waals surface area contributed by atoms with E-state index in [-0.39, 0.29) is 6.04 Å². The highest BCUT2D eigenvalue weighted by Gasteiger charge is 2.35. The molecule has 3 aromatic rings. The third kappa shape index (κ3) is 2.94. The van der Waals surface area contributed by atoms with Gasteiger partial charge in [-0.3, -0.25) is 9.67 Å². The zero-order valence-corrected chi connectivity index (χ0v) is 14.9. The molecule has 3 heterocycles. The van der Waals surface area contributed by atoms with Crippen LogP contribution < -0.4 is 0 Å². The molecule has 0 spiro atoms. The van der Waals surface area contributed by atoms with Crippen LogP contribution in [0.25, 0.3) is 10.9 Å². The van der Waals surface area contributed by atoms with E-state index in [1.54, 1.807) is 39.6 Å². The fourth-order valence-electron chi connectivity index (χ4n) is 3.49. The maximum Gasteiger partial charge on any atom is 0.243 e. The Kier molecular flexibility index (Phi) is 4.05. The van der Waals surface area contributed by atoms with Crippen LogP contribution >= 0.6 is 0 Å². The predicted molar refractivity (Wildman–Crippen MR) is 95.4 cm³/mol. The molecule has 2 aromatic heterocycles. The van der Waals surface area contributed by atoms with Crippen molar-refractivity contribution in [3.63, 3.8) is 0 Å². The van der Waals surface area contributed by atoms with E-state index >= 15 is 0 Å². The van der Waals surface area contributed by atoms with Gasteiger partial charge in [0.2, 0.25) is 10.0 Å². The molecule has 1 aliphatic heterocycles. The molecule has 0 amide bonds. The van der Waals surface area contributed by atoms with E-state index in [9.17, 15) is 8.42 Å². The quantitative estimate of drug-likeness (QED) is 0.724. The van der Waals surface area contributed by atoms with Gasteiger partial charge in [-0.25, -0.2) is 8.42 Å². The van der Waals surface area contributed by atoms with Crippen molar-refractivity contribution in [2.24, 2.45) is 7.05 Å². The van der Waals surface area contributed by atoms with Gasteiger partial charge >= 0.3 is 0 Å². The molecule has 0 bridgehead atoms. The summed E-state index contributed by atoms with van der Waals surface area (Å²) in [4.78, 5) is 4.59. The maximum absolute atomic E-state index is 13.3. The Labute approximate surface area is 147 Å². The maximum atomic E-state index is 13.3. The third-order valence-corrected chi connectivity index (χ3v) is 6.65. The highest BCUT2D eigenvalue weighted by molar-refractivity contribution is 7.89. The standard InChI is InChI=1S/C18H20N4O2S/c1-21-13-15(12-20-21)18-6-2-3-10-22(18)25(23,24)16-7-8-17-14(11-16)5-4-9-19-17/h4-5,7-9,11-13,18H,2-3,6,10H2,1H3. The second-order valence-corrected chi connectivity index (χ2v) is 8.32. The predicted octanol–water partition coefficient (Wildman–Crippen LogP) is 2.88. The van der Waals surface area contributed by atoms with Gasteiger partial charge in [-0.2, -0.15) is 9.40 Å². The topological polar surface area (TPSA) is 68.1 Å². The zero-order valence-electron chi connectivity index (χ0n) is 14.0. The molecular weight excluding hydrogens is 336 g/mol. The number of sulfonamides is 1. The van der Waals surface area contributed by atoms with Gasteiger partial charge in [0.25, 0.3) is 0 Å². The van der Waals surface area contributed by atoms with Crippen molar-refractivity contribution in [2.45, 2.75) is 30.2 Å². The molecule has 1 fully saturated rings. The van der Waals surface area contributed by atoms with E-state index in [4.69, 9.17) is 0 Å². The average Bonchev–Trinajstić information content (AvgIpc) is 3.07. The van der Waals surface area contributed by atoms with Gasteiger partial charge in [-0.1, -0.05) is 12.5 Å². The molecule has 4 rings (SSSR count). The van der Waals surface area contributed by atoms with Gasteiger partial charge < -0.3 is 0 Å². The van der Waals surface area contributed by atoms with Gasteiger partial charge in [0.15, 0.2) is 0 Å². The highest BCUT2D eigenvalue weighted by Crippen LogP contribution is 2.35. The van der Waals surface area contributed by atoms with Crippen molar-refractivity contribution in [2.75, 3.05) is 6.54 Å². The summed E-state index contributed by atoms with van der Waals surface area (Å²) in [6.45, 7) is 0.535. The van der Waals surface area contributed by atoms with Crippen LogP contribution in [0.2, 0.25) is 0 Å². The van der Waals surface area contributed by atoms with Gasteiger partial charge in [0.1, 0.15) is 0 Å². The minimum Gasteiger partial charge on any atom is -0.275 e. The van der Waals surface area contributed by atoms with Gasteiger partial charge in [0, 0.05) is 36.9 Å².